The molecule has 1 aliphatic heterocycles. The third-order valence-electron chi connectivity index (χ3n) is 4.59. The smallest absolute Gasteiger partial charge is 0.437 e. The van der Waals surface area contributed by atoms with Crippen LogP contribution in [0.5, 0.6) is 0 Å². The van der Waals surface area contributed by atoms with E-state index in [-0.39, 0.29) is 6.61 Å². The van der Waals surface area contributed by atoms with Crippen LogP contribution in [0.15, 0.2) is 15.9 Å². The van der Waals surface area contributed by atoms with E-state index in [1.54, 1.807) is 41.5 Å². The van der Waals surface area contributed by atoms with E-state index in [0.29, 0.717) is 12.8 Å². The van der Waals surface area contributed by atoms with Crippen molar-refractivity contribution in [2.45, 2.75) is 66.7 Å². The number of rotatable bonds is 10. The fourth-order valence-corrected chi connectivity index (χ4v) is 3.52. The van der Waals surface area contributed by atoms with Crippen LogP contribution in [-0.2, 0) is 41.9 Å². The number of phosphoric ester groups is 1. The molecule has 15 heteroatoms. The Labute approximate surface area is 201 Å². The number of nitrogens with one attached hydrogen (secondary N) is 1. The van der Waals surface area contributed by atoms with Crippen LogP contribution in [0.25, 0.3) is 0 Å². The minimum atomic E-state index is -4.36. The van der Waals surface area contributed by atoms with Gasteiger partial charge in [0, 0.05) is 0 Å². The molecule has 0 aliphatic carbocycles. The Morgan fingerprint density at radius 1 is 1.03 bits per heavy atom. The second-order valence-electron chi connectivity index (χ2n) is 9.78. The summed E-state index contributed by atoms with van der Waals surface area (Å²) in [6.45, 7) is 8.04. The molecule has 1 aromatic heterocycles. The second-order valence-corrected chi connectivity index (χ2v) is 11.4. The number of ether oxygens (including phenoxy) is 3. The molecule has 0 unspecified atom stereocenters. The molecule has 1 fully saturated rings. The molecule has 1 saturated heterocycles. The molecule has 0 spiro atoms. The van der Waals surface area contributed by atoms with Crippen LogP contribution in [0.3, 0.4) is 0 Å². The average molecular weight is 521 g/mol. The predicted octanol–water partition coefficient (Wildman–Crippen LogP) is 1.86. The Morgan fingerprint density at radius 2 is 1.57 bits per heavy atom. The Kier molecular flexibility index (Phi) is 9.54. The Balaban J connectivity index is 1.98. The first-order valence-electron chi connectivity index (χ1n) is 10.8. The molecule has 0 amide bonds. The third-order valence-corrected chi connectivity index (χ3v) is 5.90. The van der Waals surface area contributed by atoms with Crippen molar-refractivity contribution < 1.29 is 41.9 Å². The molecule has 2 heterocycles. The fraction of sp³-hybridized carbons (Fsp3) is 0.750. The highest BCUT2D eigenvalue weighted by molar-refractivity contribution is 7.48. The lowest BCUT2D eigenvalue weighted by molar-refractivity contribution is -0.163. The molecule has 35 heavy (non-hydrogen) atoms. The van der Waals surface area contributed by atoms with Gasteiger partial charge in [-0.2, -0.15) is 4.98 Å². The number of aromatic nitrogens is 3. The van der Waals surface area contributed by atoms with Gasteiger partial charge in [-0.25, -0.2) is 23.2 Å². The van der Waals surface area contributed by atoms with Crippen molar-refractivity contribution in [3.05, 3.63) is 27.3 Å². The summed E-state index contributed by atoms with van der Waals surface area (Å²) >= 11 is 0. The molecule has 1 aromatic rings. The van der Waals surface area contributed by atoms with Crippen LogP contribution in [0.4, 0.5) is 0 Å². The van der Waals surface area contributed by atoms with Gasteiger partial charge in [-0.15, -0.1) is 0 Å². The predicted molar refractivity (Wildman–Crippen MR) is 119 cm³/mol. The fourth-order valence-electron chi connectivity index (χ4n) is 2.58. The molecule has 1 aliphatic rings. The van der Waals surface area contributed by atoms with E-state index in [0.717, 1.165) is 10.9 Å². The van der Waals surface area contributed by atoms with Crippen molar-refractivity contribution in [1.82, 2.24) is 14.5 Å². The Hall–Kier alpha value is -2.38. The van der Waals surface area contributed by atoms with Gasteiger partial charge >= 0.3 is 31.1 Å². The minimum Gasteiger partial charge on any atom is -0.437 e. The lowest BCUT2D eigenvalue weighted by atomic mass is 9.98. The van der Waals surface area contributed by atoms with E-state index >= 15 is 0 Å². The highest BCUT2D eigenvalue weighted by Gasteiger charge is 2.35. The number of phosphoric acid groups is 1. The average Bonchev–Trinajstić information content (AvgIpc) is 3.19. The summed E-state index contributed by atoms with van der Waals surface area (Å²) < 4.78 is 45.3. The zero-order chi connectivity index (χ0) is 26.4. The lowest BCUT2D eigenvalue weighted by Crippen LogP contribution is -2.33. The highest BCUT2D eigenvalue weighted by Crippen LogP contribution is 2.50. The van der Waals surface area contributed by atoms with E-state index in [1.807, 2.05) is 4.98 Å². The van der Waals surface area contributed by atoms with Crippen molar-refractivity contribution in [3.8, 4) is 0 Å². The van der Waals surface area contributed by atoms with Gasteiger partial charge < -0.3 is 14.2 Å². The summed E-state index contributed by atoms with van der Waals surface area (Å²) in [4.78, 5) is 52.5. The minimum absolute atomic E-state index is 0.278. The first-order chi connectivity index (χ1) is 16.1. The zero-order valence-corrected chi connectivity index (χ0v) is 21.5. The molecule has 14 nitrogen and oxygen atoms in total. The molecule has 0 aromatic carbocycles. The quantitative estimate of drug-likeness (QED) is 0.269. The maximum Gasteiger partial charge on any atom is 0.480 e. The van der Waals surface area contributed by atoms with Gasteiger partial charge in [-0.1, -0.05) is 0 Å². The van der Waals surface area contributed by atoms with E-state index in [9.17, 15) is 23.7 Å². The highest BCUT2D eigenvalue weighted by atomic mass is 31.2. The van der Waals surface area contributed by atoms with Gasteiger partial charge in [0.2, 0.25) is 13.6 Å². The number of hydrogen-bond donors (Lipinski definition) is 1. The maximum atomic E-state index is 13.1. The van der Waals surface area contributed by atoms with Crippen LogP contribution < -0.4 is 11.4 Å². The molecular formula is C20H32N3O11P. The van der Waals surface area contributed by atoms with Gasteiger partial charge in [-0.05, 0) is 54.4 Å². The number of aromatic amines is 1. The Bertz CT molecular complexity index is 1020. The monoisotopic (exact) mass is 521 g/mol. The van der Waals surface area contributed by atoms with E-state index in [2.05, 4.69) is 4.98 Å². The number of carbonyl (C=O) groups excluding carboxylic acids is 2. The molecule has 0 radical (unpaired) electrons. The zero-order valence-electron chi connectivity index (χ0n) is 20.6. The van der Waals surface area contributed by atoms with Crippen molar-refractivity contribution in [2.75, 3.05) is 20.2 Å². The summed E-state index contributed by atoms with van der Waals surface area (Å²) in [5.41, 5.74) is -3.11. The molecule has 0 bridgehead atoms. The Morgan fingerprint density at radius 3 is 2.06 bits per heavy atom. The third kappa shape index (κ3) is 8.97. The van der Waals surface area contributed by atoms with Crippen LogP contribution in [0, 0.1) is 10.8 Å². The number of esters is 2. The van der Waals surface area contributed by atoms with Gasteiger partial charge in [0.25, 0.3) is 0 Å². The van der Waals surface area contributed by atoms with Gasteiger partial charge in [0.1, 0.15) is 12.6 Å². The topological polar surface area (TPSA) is 174 Å². The number of carbonyl (C=O) groups is 2. The molecule has 1 N–H and O–H groups in total. The van der Waals surface area contributed by atoms with Crippen LogP contribution >= 0.6 is 7.82 Å². The lowest BCUT2D eigenvalue weighted by Gasteiger charge is -2.22. The van der Waals surface area contributed by atoms with Crippen LogP contribution in [0.1, 0.15) is 60.6 Å². The summed E-state index contributed by atoms with van der Waals surface area (Å²) in [7, 11) is -4.36. The maximum absolute atomic E-state index is 13.1. The second kappa shape index (κ2) is 11.6. The standard InChI is InChI=1S/C20H32N3O11P/c1-19(2,3)15(24)29-11-32-35(28,33-12-30-16(25)20(4,5)6)31-9-13-7-8-14(34-13)23-10-21-17(26)22-18(23)27/h10,13-14H,7-9,11-12H2,1-6H3,(H,22,26,27)/t13-,14+/m0/s1. The molecule has 198 valence electrons. The molecular weight excluding hydrogens is 489 g/mol. The summed E-state index contributed by atoms with van der Waals surface area (Å²) in [6.07, 6.45) is 0.531. The van der Waals surface area contributed by atoms with Gasteiger partial charge in [0.05, 0.1) is 23.5 Å². The van der Waals surface area contributed by atoms with E-state index < -0.39 is 67.9 Å². The van der Waals surface area contributed by atoms with Crippen molar-refractivity contribution in [2.24, 2.45) is 10.8 Å². The number of H-pyrrole nitrogens is 1. The van der Waals surface area contributed by atoms with Gasteiger partial charge in [0.15, 0.2) is 0 Å². The molecule has 0 saturated carbocycles. The first kappa shape index (κ1) is 28.9. The van der Waals surface area contributed by atoms with Crippen molar-refractivity contribution in [3.63, 3.8) is 0 Å². The number of hydrogen-bond acceptors (Lipinski definition) is 12. The van der Waals surface area contributed by atoms with Crippen LogP contribution in [-0.4, -0.2) is 52.8 Å². The number of nitrogens with zero attached hydrogens (tertiary/aromatic N) is 2. The van der Waals surface area contributed by atoms with E-state index in [4.69, 9.17) is 27.8 Å². The summed E-state index contributed by atoms with van der Waals surface area (Å²) in [5.74, 6) is -1.21. The van der Waals surface area contributed by atoms with Crippen molar-refractivity contribution in [1.29, 1.82) is 0 Å². The van der Waals surface area contributed by atoms with E-state index in [1.165, 1.54) is 0 Å². The summed E-state index contributed by atoms with van der Waals surface area (Å²) in [6, 6.07) is 0. The molecule has 2 atom stereocenters. The van der Waals surface area contributed by atoms with Gasteiger partial charge in [-0.3, -0.25) is 23.7 Å². The molecule has 2 rings (SSSR count). The normalized spacial score (nSPS) is 18.9. The van der Waals surface area contributed by atoms with Crippen molar-refractivity contribution >= 4 is 19.8 Å². The summed E-state index contributed by atoms with van der Waals surface area (Å²) in [5, 5.41) is 0. The van der Waals surface area contributed by atoms with Crippen LogP contribution in [0.2, 0.25) is 0 Å². The first-order valence-corrected chi connectivity index (χ1v) is 12.3. The SMILES string of the molecule is CC(C)(C)C(=O)OCOP(=O)(OCOC(=O)C(C)(C)C)OC[C@@H]1CC[C@H](n2cnc(=O)[nH]c2=O)O1. The largest absolute Gasteiger partial charge is 0.480 e.